The van der Waals surface area contributed by atoms with E-state index in [-0.39, 0.29) is 12.1 Å². The summed E-state index contributed by atoms with van der Waals surface area (Å²) < 4.78 is 5.14. The van der Waals surface area contributed by atoms with E-state index in [1.807, 2.05) is 6.07 Å². The smallest absolute Gasteiger partial charge is 0.349 e. The highest BCUT2D eigenvalue weighted by molar-refractivity contribution is 6.30. The van der Waals surface area contributed by atoms with Crippen LogP contribution in [-0.4, -0.2) is 12.5 Å². The maximum absolute atomic E-state index is 12.1. The van der Waals surface area contributed by atoms with Gasteiger partial charge in [-0.15, -0.1) is 0 Å². The topological polar surface area (TPSA) is 59.3 Å². The van der Waals surface area contributed by atoms with Crippen LogP contribution in [0, 0.1) is 11.8 Å². The maximum atomic E-state index is 12.1. The highest BCUT2D eigenvalue weighted by Gasteiger charge is 2.12. The number of rotatable bonds is 2. The molecule has 0 aliphatic rings. The van der Waals surface area contributed by atoms with Crippen molar-refractivity contribution in [1.29, 1.82) is 0 Å². The molecule has 2 aromatic carbocycles. The number of hydrogen-bond acceptors (Lipinski definition) is 3. The van der Waals surface area contributed by atoms with Crippen LogP contribution in [0.4, 0.5) is 0 Å². The molecule has 24 heavy (non-hydrogen) atoms. The Kier molecular flexibility index (Phi) is 4.64. The van der Waals surface area contributed by atoms with Gasteiger partial charge >= 0.3 is 5.63 Å². The molecular weight excluding hydrogens is 326 g/mol. The van der Waals surface area contributed by atoms with E-state index in [1.165, 1.54) is 6.07 Å². The number of hydrogen-bond donors (Lipinski definition) is 1. The highest BCUT2D eigenvalue weighted by atomic mass is 35.5. The fraction of sp³-hybridized carbons (Fsp3) is 0.0526. The Morgan fingerprint density at radius 3 is 2.79 bits per heavy atom. The van der Waals surface area contributed by atoms with Crippen LogP contribution in [0.5, 0.6) is 0 Å². The van der Waals surface area contributed by atoms with Crippen LogP contribution in [0.3, 0.4) is 0 Å². The zero-order valence-corrected chi connectivity index (χ0v) is 13.3. The molecule has 5 heteroatoms. The normalized spacial score (nSPS) is 10.0. The third-order valence-electron chi connectivity index (χ3n) is 3.28. The standard InChI is InChI=1S/C19H12ClNO3/c20-15-8-3-5-13(11-15)6-4-10-21-18(22)16-12-14-7-1-2-9-17(14)24-19(16)23/h1-3,5,7-9,11-12H,10H2,(H,21,22). The van der Waals surface area contributed by atoms with Crippen LogP contribution >= 0.6 is 11.6 Å². The van der Waals surface area contributed by atoms with Crippen molar-refractivity contribution in [2.75, 3.05) is 6.54 Å². The molecule has 0 atom stereocenters. The lowest BCUT2D eigenvalue weighted by Crippen LogP contribution is -2.28. The van der Waals surface area contributed by atoms with Gasteiger partial charge in [-0.1, -0.05) is 47.7 Å². The third kappa shape index (κ3) is 3.65. The Bertz CT molecular complexity index is 1030. The first kappa shape index (κ1) is 15.9. The fourth-order valence-corrected chi connectivity index (χ4v) is 2.34. The van der Waals surface area contributed by atoms with E-state index in [2.05, 4.69) is 17.2 Å². The lowest BCUT2D eigenvalue weighted by molar-refractivity contribution is 0.0955. The second-order valence-electron chi connectivity index (χ2n) is 4.98. The molecule has 0 bridgehead atoms. The molecule has 1 N–H and O–H groups in total. The molecule has 0 unspecified atom stereocenters. The number of halogens is 1. The van der Waals surface area contributed by atoms with Gasteiger partial charge in [0, 0.05) is 16.0 Å². The van der Waals surface area contributed by atoms with Crippen LogP contribution in [-0.2, 0) is 0 Å². The zero-order valence-electron chi connectivity index (χ0n) is 12.5. The van der Waals surface area contributed by atoms with Crippen LogP contribution in [0.2, 0.25) is 5.02 Å². The Labute approximate surface area is 143 Å². The number of carbonyl (C=O) groups is 1. The van der Waals surface area contributed by atoms with Gasteiger partial charge in [0.1, 0.15) is 11.1 Å². The summed E-state index contributed by atoms with van der Waals surface area (Å²) in [4.78, 5) is 24.0. The summed E-state index contributed by atoms with van der Waals surface area (Å²) in [7, 11) is 0. The van der Waals surface area contributed by atoms with Crippen LogP contribution in [0.15, 0.2) is 63.8 Å². The molecule has 1 aromatic heterocycles. The molecule has 0 fully saturated rings. The monoisotopic (exact) mass is 337 g/mol. The first-order valence-corrected chi connectivity index (χ1v) is 7.57. The van der Waals surface area contributed by atoms with Crippen molar-refractivity contribution in [3.8, 4) is 11.8 Å². The number of amides is 1. The van der Waals surface area contributed by atoms with Crippen molar-refractivity contribution in [1.82, 2.24) is 5.32 Å². The van der Waals surface area contributed by atoms with Gasteiger partial charge in [0.15, 0.2) is 0 Å². The molecule has 4 nitrogen and oxygen atoms in total. The van der Waals surface area contributed by atoms with Gasteiger partial charge < -0.3 is 9.73 Å². The minimum Gasteiger partial charge on any atom is -0.422 e. The third-order valence-corrected chi connectivity index (χ3v) is 3.52. The molecule has 3 rings (SSSR count). The number of benzene rings is 2. The molecule has 0 saturated carbocycles. The van der Waals surface area contributed by atoms with Crippen molar-refractivity contribution in [2.24, 2.45) is 0 Å². The summed E-state index contributed by atoms with van der Waals surface area (Å²) in [5.41, 5.74) is 0.481. The van der Waals surface area contributed by atoms with Crippen LogP contribution in [0.25, 0.3) is 11.0 Å². The minimum atomic E-state index is -0.672. The zero-order chi connectivity index (χ0) is 16.9. The van der Waals surface area contributed by atoms with E-state index in [4.69, 9.17) is 16.0 Å². The van der Waals surface area contributed by atoms with Gasteiger partial charge in [-0.2, -0.15) is 0 Å². The first-order chi connectivity index (χ1) is 11.6. The summed E-state index contributed by atoms with van der Waals surface area (Å²) in [6, 6.07) is 15.6. The second-order valence-corrected chi connectivity index (χ2v) is 5.42. The number of carbonyl (C=O) groups excluding carboxylic acids is 1. The summed E-state index contributed by atoms with van der Waals surface area (Å²) in [6.45, 7) is 0.109. The van der Waals surface area contributed by atoms with Crippen molar-refractivity contribution in [3.63, 3.8) is 0 Å². The van der Waals surface area contributed by atoms with E-state index < -0.39 is 11.5 Å². The average Bonchev–Trinajstić information content (AvgIpc) is 2.58. The molecule has 0 aliphatic heterocycles. The summed E-state index contributed by atoms with van der Waals surface area (Å²) in [5.74, 6) is 5.18. The molecule has 0 spiro atoms. The first-order valence-electron chi connectivity index (χ1n) is 7.19. The number of nitrogens with one attached hydrogen (secondary N) is 1. The van der Waals surface area contributed by atoms with Gasteiger partial charge in [0.25, 0.3) is 5.91 Å². The predicted molar refractivity (Wildman–Crippen MR) is 93.1 cm³/mol. The van der Waals surface area contributed by atoms with Gasteiger partial charge in [0.05, 0.1) is 6.54 Å². The van der Waals surface area contributed by atoms with Gasteiger partial charge in [-0.25, -0.2) is 4.79 Å². The lowest BCUT2D eigenvalue weighted by atomic mass is 10.2. The number of fused-ring (bicyclic) bond motifs is 1. The van der Waals surface area contributed by atoms with E-state index in [9.17, 15) is 9.59 Å². The van der Waals surface area contributed by atoms with Crippen molar-refractivity contribution in [3.05, 3.63) is 81.2 Å². The highest BCUT2D eigenvalue weighted by Crippen LogP contribution is 2.12. The van der Waals surface area contributed by atoms with Crippen molar-refractivity contribution < 1.29 is 9.21 Å². The van der Waals surface area contributed by atoms with Crippen molar-refractivity contribution >= 4 is 28.5 Å². The minimum absolute atomic E-state index is 0.0433. The van der Waals surface area contributed by atoms with Crippen LogP contribution in [0.1, 0.15) is 15.9 Å². The molecule has 3 aromatic rings. The average molecular weight is 338 g/mol. The Balaban J connectivity index is 1.72. The van der Waals surface area contributed by atoms with E-state index >= 15 is 0 Å². The van der Waals surface area contributed by atoms with Gasteiger partial charge in [0.2, 0.25) is 0 Å². The summed E-state index contributed by atoms with van der Waals surface area (Å²) in [6.07, 6.45) is 0. The summed E-state index contributed by atoms with van der Waals surface area (Å²) in [5, 5.41) is 3.87. The Morgan fingerprint density at radius 1 is 1.12 bits per heavy atom. The Morgan fingerprint density at radius 2 is 1.96 bits per heavy atom. The maximum Gasteiger partial charge on any atom is 0.349 e. The Hall–Kier alpha value is -3.03. The molecule has 1 amide bonds. The lowest BCUT2D eigenvalue weighted by Gasteiger charge is -2.02. The van der Waals surface area contributed by atoms with Gasteiger partial charge in [-0.3, -0.25) is 4.79 Å². The number of para-hydroxylation sites is 1. The molecule has 118 valence electrons. The molecular formula is C19H12ClNO3. The summed E-state index contributed by atoms with van der Waals surface area (Å²) >= 11 is 5.87. The second kappa shape index (κ2) is 7.03. The fourth-order valence-electron chi connectivity index (χ4n) is 2.15. The SMILES string of the molecule is O=C(NCC#Cc1cccc(Cl)c1)c1cc2ccccc2oc1=O. The van der Waals surface area contributed by atoms with Crippen LogP contribution < -0.4 is 10.9 Å². The molecule has 1 heterocycles. The predicted octanol–water partition coefficient (Wildman–Crippen LogP) is 3.23. The molecule has 0 saturated heterocycles. The molecule has 0 radical (unpaired) electrons. The van der Waals surface area contributed by atoms with Gasteiger partial charge in [-0.05, 0) is 30.3 Å². The van der Waals surface area contributed by atoms with E-state index in [0.29, 0.717) is 16.0 Å². The largest absolute Gasteiger partial charge is 0.422 e. The van der Waals surface area contributed by atoms with Crippen molar-refractivity contribution in [2.45, 2.75) is 0 Å². The van der Waals surface area contributed by atoms with E-state index in [1.54, 1.807) is 42.5 Å². The molecule has 0 aliphatic carbocycles. The van der Waals surface area contributed by atoms with E-state index in [0.717, 1.165) is 5.56 Å². The quantitative estimate of drug-likeness (QED) is 0.577.